The molecular weight excluding hydrogens is 298 g/mol. The smallest absolute Gasteiger partial charge is 0.240 e. The molecule has 1 N–H and O–H groups in total. The molecular formula is C16H23N3O2S. The average Bonchev–Trinajstić information content (AvgIpc) is 2.76. The van der Waals surface area contributed by atoms with E-state index in [1.807, 2.05) is 26.1 Å². The third-order valence-corrected chi connectivity index (χ3v) is 5.24. The molecule has 0 saturated carbocycles. The number of benzene rings is 1. The number of sulfonamides is 1. The van der Waals surface area contributed by atoms with Crippen molar-refractivity contribution >= 4 is 10.0 Å². The molecule has 1 aromatic heterocycles. The summed E-state index contributed by atoms with van der Waals surface area (Å²) in [4.78, 5) is 0.280. The van der Waals surface area contributed by atoms with Crippen LogP contribution in [-0.2, 0) is 29.0 Å². The third kappa shape index (κ3) is 3.56. The van der Waals surface area contributed by atoms with Crippen molar-refractivity contribution in [2.24, 2.45) is 7.05 Å². The van der Waals surface area contributed by atoms with Crippen LogP contribution in [0.5, 0.6) is 0 Å². The molecule has 0 radical (unpaired) electrons. The number of hydrogen-bond acceptors (Lipinski definition) is 3. The lowest BCUT2D eigenvalue weighted by Crippen LogP contribution is -2.23. The van der Waals surface area contributed by atoms with Crippen LogP contribution in [0.2, 0.25) is 0 Å². The van der Waals surface area contributed by atoms with Gasteiger partial charge in [0.25, 0.3) is 0 Å². The maximum atomic E-state index is 12.3. The van der Waals surface area contributed by atoms with E-state index in [2.05, 4.69) is 30.6 Å². The summed E-state index contributed by atoms with van der Waals surface area (Å²) in [6.45, 7) is 8.44. The van der Waals surface area contributed by atoms with E-state index >= 15 is 0 Å². The molecule has 0 aliphatic carbocycles. The number of aryl methyl sites for hydroxylation is 1. The van der Waals surface area contributed by atoms with Gasteiger partial charge >= 0.3 is 0 Å². The highest BCUT2D eigenvalue weighted by molar-refractivity contribution is 7.89. The van der Waals surface area contributed by atoms with Crippen LogP contribution in [0.3, 0.4) is 0 Å². The molecule has 0 atom stereocenters. The molecule has 0 spiro atoms. The summed E-state index contributed by atoms with van der Waals surface area (Å²) in [5.41, 5.74) is 2.93. The molecule has 0 fully saturated rings. The summed E-state index contributed by atoms with van der Waals surface area (Å²) in [6.07, 6.45) is 1.68. The monoisotopic (exact) mass is 321 g/mol. The summed E-state index contributed by atoms with van der Waals surface area (Å²) in [7, 11) is -1.68. The van der Waals surface area contributed by atoms with Gasteiger partial charge in [0.1, 0.15) is 0 Å². The molecule has 1 heterocycles. The topological polar surface area (TPSA) is 64.0 Å². The molecule has 0 bridgehead atoms. The standard InChI is InChI=1S/C16H23N3O2S/c1-12-13(10-17-19(12)5)11-18-22(20,21)15-8-6-14(7-9-15)16(2,3)4/h6-10,18H,11H2,1-5H3. The molecule has 0 unspecified atom stereocenters. The van der Waals surface area contributed by atoms with Gasteiger partial charge in [0.05, 0.1) is 11.1 Å². The van der Waals surface area contributed by atoms with Crippen LogP contribution in [-0.4, -0.2) is 18.2 Å². The highest BCUT2D eigenvalue weighted by Crippen LogP contribution is 2.23. The van der Waals surface area contributed by atoms with Gasteiger partial charge in [0, 0.05) is 24.8 Å². The summed E-state index contributed by atoms with van der Waals surface area (Å²) in [6, 6.07) is 7.03. The van der Waals surface area contributed by atoms with Crippen molar-refractivity contribution in [1.82, 2.24) is 14.5 Å². The summed E-state index contributed by atoms with van der Waals surface area (Å²) in [5, 5.41) is 4.11. The van der Waals surface area contributed by atoms with E-state index in [-0.39, 0.29) is 16.9 Å². The van der Waals surface area contributed by atoms with Crippen LogP contribution < -0.4 is 4.72 Å². The van der Waals surface area contributed by atoms with Crippen molar-refractivity contribution in [2.45, 2.75) is 44.6 Å². The molecule has 6 heteroatoms. The number of hydrogen-bond donors (Lipinski definition) is 1. The van der Waals surface area contributed by atoms with E-state index in [0.29, 0.717) is 0 Å². The Hall–Kier alpha value is -1.66. The van der Waals surface area contributed by atoms with Crippen molar-refractivity contribution in [3.8, 4) is 0 Å². The number of aromatic nitrogens is 2. The van der Waals surface area contributed by atoms with E-state index in [4.69, 9.17) is 0 Å². The first-order valence-corrected chi connectivity index (χ1v) is 8.67. The second-order valence-corrected chi connectivity index (χ2v) is 8.24. The van der Waals surface area contributed by atoms with Gasteiger partial charge in [0.2, 0.25) is 10.0 Å². The molecule has 2 rings (SSSR count). The Morgan fingerprint density at radius 1 is 1.18 bits per heavy atom. The summed E-state index contributed by atoms with van der Waals surface area (Å²) < 4.78 is 29.0. The minimum Gasteiger partial charge on any atom is -0.273 e. The first-order chi connectivity index (χ1) is 10.1. The summed E-state index contributed by atoms with van der Waals surface area (Å²) in [5.74, 6) is 0. The number of rotatable bonds is 4. The Kier molecular flexibility index (Phi) is 4.44. The average molecular weight is 321 g/mol. The molecule has 0 aliphatic rings. The lowest BCUT2D eigenvalue weighted by molar-refractivity contribution is 0.578. The van der Waals surface area contributed by atoms with Gasteiger partial charge in [-0.3, -0.25) is 4.68 Å². The Bertz CT molecular complexity index is 754. The molecule has 0 saturated heterocycles. The zero-order valence-electron chi connectivity index (χ0n) is 13.7. The second kappa shape index (κ2) is 5.85. The van der Waals surface area contributed by atoms with E-state index in [1.165, 1.54) is 0 Å². The normalized spacial score (nSPS) is 12.6. The molecule has 0 aliphatic heterocycles. The molecule has 0 amide bonds. The van der Waals surface area contributed by atoms with Crippen molar-refractivity contribution in [3.05, 3.63) is 47.3 Å². The number of nitrogens with zero attached hydrogens (tertiary/aromatic N) is 2. The quantitative estimate of drug-likeness (QED) is 0.941. The van der Waals surface area contributed by atoms with Gasteiger partial charge in [-0.05, 0) is 30.0 Å². The molecule has 1 aromatic carbocycles. The fourth-order valence-corrected chi connectivity index (χ4v) is 3.11. The second-order valence-electron chi connectivity index (χ2n) is 6.48. The van der Waals surface area contributed by atoms with Crippen LogP contribution in [0, 0.1) is 6.92 Å². The van der Waals surface area contributed by atoms with Crippen molar-refractivity contribution in [2.75, 3.05) is 0 Å². The van der Waals surface area contributed by atoms with Crippen molar-refractivity contribution < 1.29 is 8.42 Å². The van der Waals surface area contributed by atoms with Crippen molar-refractivity contribution in [1.29, 1.82) is 0 Å². The summed E-state index contributed by atoms with van der Waals surface area (Å²) >= 11 is 0. The van der Waals surface area contributed by atoms with Crippen LogP contribution in [0.4, 0.5) is 0 Å². The van der Waals surface area contributed by atoms with Crippen molar-refractivity contribution in [3.63, 3.8) is 0 Å². The Morgan fingerprint density at radius 3 is 2.23 bits per heavy atom. The first kappa shape index (κ1) is 16.7. The largest absolute Gasteiger partial charge is 0.273 e. The minimum atomic E-state index is -3.52. The van der Waals surface area contributed by atoms with Crippen LogP contribution in [0.15, 0.2) is 35.4 Å². The van der Waals surface area contributed by atoms with E-state index in [1.54, 1.807) is 23.0 Å². The molecule has 5 nitrogen and oxygen atoms in total. The fourth-order valence-electron chi connectivity index (χ4n) is 2.11. The van der Waals surface area contributed by atoms with Crippen LogP contribution in [0.1, 0.15) is 37.6 Å². The fraction of sp³-hybridized carbons (Fsp3) is 0.438. The minimum absolute atomic E-state index is 0.00252. The van der Waals surface area contributed by atoms with Gasteiger partial charge in [0.15, 0.2) is 0 Å². The Balaban J connectivity index is 2.15. The van der Waals surface area contributed by atoms with Gasteiger partial charge in [-0.25, -0.2) is 13.1 Å². The number of nitrogens with one attached hydrogen (secondary N) is 1. The zero-order valence-corrected chi connectivity index (χ0v) is 14.5. The van der Waals surface area contributed by atoms with Crippen LogP contribution in [0.25, 0.3) is 0 Å². The maximum Gasteiger partial charge on any atom is 0.240 e. The highest BCUT2D eigenvalue weighted by atomic mass is 32.2. The third-order valence-electron chi connectivity index (χ3n) is 3.82. The zero-order chi connectivity index (χ0) is 16.5. The lowest BCUT2D eigenvalue weighted by Gasteiger charge is -2.19. The highest BCUT2D eigenvalue weighted by Gasteiger charge is 2.18. The maximum absolute atomic E-state index is 12.3. The molecule has 22 heavy (non-hydrogen) atoms. The predicted molar refractivity (Wildman–Crippen MR) is 87.1 cm³/mol. The molecule has 120 valence electrons. The van der Waals surface area contributed by atoms with Gasteiger partial charge < -0.3 is 0 Å². The Morgan fingerprint density at radius 2 is 1.77 bits per heavy atom. The van der Waals surface area contributed by atoms with Crippen LogP contribution >= 0.6 is 0 Å². The van der Waals surface area contributed by atoms with Gasteiger partial charge in [-0.2, -0.15) is 5.10 Å². The molecule has 2 aromatic rings. The van der Waals surface area contributed by atoms with E-state index in [9.17, 15) is 8.42 Å². The van der Waals surface area contributed by atoms with Gasteiger partial charge in [-0.1, -0.05) is 32.9 Å². The lowest BCUT2D eigenvalue weighted by atomic mass is 9.87. The van der Waals surface area contributed by atoms with E-state index in [0.717, 1.165) is 16.8 Å². The predicted octanol–water partition coefficient (Wildman–Crippen LogP) is 2.50. The SMILES string of the molecule is Cc1c(CNS(=O)(=O)c2ccc(C(C)(C)C)cc2)cnn1C. The van der Waals surface area contributed by atoms with E-state index < -0.39 is 10.0 Å². The van der Waals surface area contributed by atoms with Gasteiger partial charge in [-0.15, -0.1) is 0 Å². The Labute approximate surface area is 132 Å². The first-order valence-electron chi connectivity index (χ1n) is 7.19.